The Labute approximate surface area is 145 Å². The van der Waals surface area contributed by atoms with Gasteiger partial charge in [0.15, 0.2) is 0 Å². The Morgan fingerprint density at radius 2 is 1.46 bits per heavy atom. The fourth-order valence-electron chi connectivity index (χ4n) is 3.17. The summed E-state index contributed by atoms with van der Waals surface area (Å²) in [7, 11) is 0. The minimum absolute atomic E-state index is 0.283. The highest BCUT2D eigenvalue weighted by Crippen LogP contribution is 2.27. The summed E-state index contributed by atoms with van der Waals surface area (Å²) in [6, 6.07) is 0. The van der Waals surface area contributed by atoms with Gasteiger partial charge in [-0.05, 0) is 12.8 Å². The van der Waals surface area contributed by atoms with Gasteiger partial charge in [0, 0.05) is 12.1 Å². The van der Waals surface area contributed by atoms with Gasteiger partial charge in [0.05, 0.1) is 12.1 Å². The lowest BCUT2D eigenvalue weighted by Gasteiger charge is -2.16. The van der Waals surface area contributed by atoms with Crippen molar-refractivity contribution in [2.75, 3.05) is 0 Å². The molecule has 0 aromatic heterocycles. The van der Waals surface area contributed by atoms with Gasteiger partial charge in [-0.3, -0.25) is 9.98 Å². The van der Waals surface area contributed by atoms with Gasteiger partial charge in [0.2, 0.25) is 0 Å². The summed E-state index contributed by atoms with van der Waals surface area (Å²) in [5, 5.41) is 0. The topological polar surface area (TPSA) is 24.7 Å². The summed E-state index contributed by atoms with van der Waals surface area (Å²) in [6.07, 6.45) is 8.38. The second kappa shape index (κ2) is 11.6. The van der Waals surface area contributed by atoms with Crippen LogP contribution in [-0.4, -0.2) is 24.3 Å². The molecule has 0 N–H and O–H groups in total. The third kappa shape index (κ3) is 9.43. The van der Waals surface area contributed by atoms with Crippen LogP contribution in [0.1, 0.15) is 90.9 Å². The molecule has 2 unspecified atom stereocenters. The molecule has 0 fully saturated rings. The highest BCUT2D eigenvalue weighted by molar-refractivity contribution is 6.32. The lowest BCUT2D eigenvalue weighted by molar-refractivity contribution is -0.137. The molecule has 24 heavy (non-hydrogen) atoms. The van der Waals surface area contributed by atoms with E-state index in [9.17, 15) is 13.2 Å². The standard InChI is InChI=1S/C19H33F3N2/c1-3-5-7-9-11-13-16(12-10-8-6-4-2)17-15-23-18(24-17)14-19(20,21)22/h15-16,18H,3-14H2,1-2H3. The van der Waals surface area contributed by atoms with Crippen LogP contribution in [-0.2, 0) is 0 Å². The Balaban J connectivity index is 2.50. The van der Waals surface area contributed by atoms with Crippen molar-refractivity contribution < 1.29 is 13.2 Å². The van der Waals surface area contributed by atoms with Crippen molar-refractivity contribution in [2.24, 2.45) is 15.9 Å². The van der Waals surface area contributed by atoms with Gasteiger partial charge < -0.3 is 0 Å². The summed E-state index contributed by atoms with van der Waals surface area (Å²) in [6.45, 7) is 4.38. The van der Waals surface area contributed by atoms with Crippen molar-refractivity contribution in [1.29, 1.82) is 0 Å². The quantitative estimate of drug-likeness (QED) is 0.330. The average molecular weight is 346 g/mol. The van der Waals surface area contributed by atoms with Gasteiger partial charge in [0.25, 0.3) is 0 Å². The molecule has 0 radical (unpaired) electrons. The molecule has 1 heterocycles. The second-order valence-corrected chi connectivity index (χ2v) is 6.88. The summed E-state index contributed by atoms with van der Waals surface area (Å²) >= 11 is 0. The van der Waals surface area contributed by atoms with Crippen LogP contribution in [0.15, 0.2) is 9.98 Å². The molecule has 0 saturated carbocycles. The minimum Gasteiger partial charge on any atom is -0.264 e. The molecule has 5 heteroatoms. The van der Waals surface area contributed by atoms with E-state index in [0.717, 1.165) is 31.4 Å². The number of hydrogen-bond acceptors (Lipinski definition) is 2. The Bertz CT molecular complexity index is 389. The summed E-state index contributed by atoms with van der Waals surface area (Å²) < 4.78 is 37.5. The SMILES string of the molecule is CCCCCCCC(CCCCCC)C1=NC(CC(F)(F)F)N=C1. The smallest absolute Gasteiger partial charge is 0.264 e. The molecule has 0 aromatic carbocycles. The van der Waals surface area contributed by atoms with E-state index in [2.05, 4.69) is 23.8 Å². The van der Waals surface area contributed by atoms with E-state index < -0.39 is 18.8 Å². The maximum atomic E-state index is 12.5. The normalized spacial score (nSPS) is 18.9. The fraction of sp³-hybridized carbons (Fsp3) is 0.895. The number of nitrogens with zero attached hydrogens (tertiary/aromatic N) is 2. The van der Waals surface area contributed by atoms with Crippen LogP contribution in [0.4, 0.5) is 13.2 Å². The molecule has 1 aliphatic rings. The largest absolute Gasteiger partial charge is 0.393 e. The maximum absolute atomic E-state index is 12.5. The molecule has 1 aliphatic heterocycles. The number of unbranched alkanes of at least 4 members (excludes halogenated alkanes) is 7. The van der Waals surface area contributed by atoms with E-state index in [4.69, 9.17) is 0 Å². The van der Waals surface area contributed by atoms with E-state index in [0.29, 0.717) is 0 Å². The van der Waals surface area contributed by atoms with Crippen LogP contribution in [0.3, 0.4) is 0 Å². The number of hydrogen-bond donors (Lipinski definition) is 0. The minimum atomic E-state index is -4.20. The zero-order valence-corrected chi connectivity index (χ0v) is 15.2. The lowest BCUT2D eigenvalue weighted by atomic mass is 9.90. The van der Waals surface area contributed by atoms with E-state index in [-0.39, 0.29) is 5.92 Å². The molecule has 140 valence electrons. The number of alkyl halides is 3. The number of rotatable bonds is 13. The summed E-state index contributed by atoms with van der Waals surface area (Å²) in [4.78, 5) is 8.24. The Morgan fingerprint density at radius 3 is 2.00 bits per heavy atom. The molecule has 0 amide bonds. The van der Waals surface area contributed by atoms with Gasteiger partial charge in [-0.25, -0.2) is 0 Å². The molecule has 1 rings (SSSR count). The highest BCUT2D eigenvalue weighted by Gasteiger charge is 2.33. The van der Waals surface area contributed by atoms with E-state index in [1.54, 1.807) is 6.21 Å². The monoisotopic (exact) mass is 346 g/mol. The van der Waals surface area contributed by atoms with Gasteiger partial charge in [-0.15, -0.1) is 0 Å². The Morgan fingerprint density at radius 1 is 0.917 bits per heavy atom. The zero-order valence-electron chi connectivity index (χ0n) is 15.2. The first kappa shape index (κ1) is 21.2. The number of aliphatic imine (C=N–C) groups is 2. The van der Waals surface area contributed by atoms with E-state index in [1.807, 2.05) is 0 Å². The maximum Gasteiger partial charge on any atom is 0.393 e. The molecule has 0 spiro atoms. The average Bonchev–Trinajstić information content (AvgIpc) is 2.95. The van der Waals surface area contributed by atoms with Crippen LogP contribution in [0.25, 0.3) is 0 Å². The molecule has 2 nitrogen and oxygen atoms in total. The van der Waals surface area contributed by atoms with Crippen molar-refractivity contribution >= 4 is 11.9 Å². The van der Waals surface area contributed by atoms with Crippen molar-refractivity contribution in [3.8, 4) is 0 Å². The predicted molar refractivity (Wildman–Crippen MR) is 96.0 cm³/mol. The molecule has 2 atom stereocenters. The van der Waals surface area contributed by atoms with Gasteiger partial charge in [-0.1, -0.05) is 71.6 Å². The molecular weight excluding hydrogens is 313 g/mol. The Hall–Kier alpha value is -0.870. The predicted octanol–water partition coefficient (Wildman–Crippen LogP) is 6.74. The van der Waals surface area contributed by atoms with Gasteiger partial charge in [0.1, 0.15) is 6.17 Å². The molecule has 0 bridgehead atoms. The first-order chi connectivity index (χ1) is 11.5. The molecule has 0 aromatic rings. The van der Waals surface area contributed by atoms with E-state index >= 15 is 0 Å². The third-order valence-electron chi connectivity index (χ3n) is 4.57. The van der Waals surface area contributed by atoms with Crippen molar-refractivity contribution in [3.05, 3.63) is 0 Å². The molecule has 0 aliphatic carbocycles. The summed E-state index contributed by atoms with van der Waals surface area (Å²) in [5.74, 6) is 0.283. The second-order valence-electron chi connectivity index (χ2n) is 6.88. The van der Waals surface area contributed by atoms with Crippen LogP contribution in [0, 0.1) is 5.92 Å². The highest BCUT2D eigenvalue weighted by atomic mass is 19.4. The summed E-state index contributed by atoms with van der Waals surface area (Å²) in [5.41, 5.74) is 0.802. The Kier molecular flexibility index (Phi) is 10.3. The first-order valence-corrected chi connectivity index (χ1v) is 9.64. The van der Waals surface area contributed by atoms with Gasteiger partial charge >= 0.3 is 6.18 Å². The van der Waals surface area contributed by atoms with Crippen LogP contribution < -0.4 is 0 Å². The molecular formula is C19H33F3N2. The lowest BCUT2D eigenvalue weighted by Crippen LogP contribution is -2.17. The van der Waals surface area contributed by atoms with E-state index in [1.165, 1.54) is 44.9 Å². The first-order valence-electron chi connectivity index (χ1n) is 9.64. The molecule has 0 saturated heterocycles. The zero-order chi connectivity index (χ0) is 17.8. The fourth-order valence-corrected chi connectivity index (χ4v) is 3.17. The van der Waals surface area contributed by atoms with Crippen LogP contribution in [0.2, 0.25) is 0 Å². The van der Waals surface area contributed by atoms with Crippen molar-refractivity contribution in [3.63, 3.8) is 0 Å². The van der Waals surface area contributed by atoms with Crippen LogP contribution >= 0.6 is 0 Å². The van der Waals surface area contributed by atoms with Crippen molar-refractivity contribution in [1.82, 2.24) is 0 Å². The third-order valence-corrected chi connectivity index (χ3v) is 4.57. The number of halogens is 3. The van der Waals surface area contributed by atoms with Crippen molar-refractivity contribution in [2.45, 2.75) is 103 Å². The van der Waals surface area contributed by atoms with Crippen LogP contribution in [0.5, 0.6) is 0 Å². The van der Waals surface area contributed by atoms with Gasteiger partial charge in [-0.2, -0.15) is 13.2 Å².